The predicted octanol–water partition coefficient (Wildman–Crippen LogP) is 4.27. The van der Waals surface area contributed by atoms with E-state index in [4.69, 9.17) is 16.0 Å². The molecule has 1 rings (SSSR count). The zero-order valence-electron chi connectivity index (χ0n) is 11.2. The van der Waals surface area contributed by atoms with Gasteiger partial charge in [-0.3, -0.25) is 4.79 Å². The Morgan fingerprint density at radius 3 is 2.67 bits per heavy atom. The molecule has 0 aromatic carbocycles. The van der Waals surface area contributed by atoms with Gasteiger partial charge in [0.15, 0.2) is 0 Å². The topological polar surface area (TPSA) is 42.2 Å². The van der Waals surface area contributed by atoms with Gasteiger partial charge < -0.3 is 9.73 Å². The van der Waals surface area contributed by atoms with Crippen molar-refractivity contribution in [2.45, 2.75) is 46.0 Å². The van der Waals surface area contributed by atoms with Crippen molar-refractivity contribution in [1.29, 1.82) is 0 Å². The second-order valence-electron chi connectivity index (χ2n) is 4.96. The standard InChI is InChI=1S/C14H22ClNO2/c1-11(2)7-5-3-4-6-9-16-14(17)12-8-10-18-13(12)15/h8,10-11H,3-7,9H2,1-2H3,(H,16,17). The number of halogens is 1. The minimum Gasteiger partial charge on any atom is -0.452 e. The molecular formula is C14H22ClNO2. The summed E-state index contributed by atoms with van der Waals surface area (Å²) in [6.45, 7) is 5.19. The van der Waals surface area contributed by atoms with Crippen molar-refractivity contribution in [3.8, 4) is 0 Å². The van der Waals surface area contributed by atoms with E-state index in [1.165, 1.54) is 25.5 Å². The molecule has 0 aliphatic carbocycles. The molecule has 0 saturated carbocycles. The third-order valence-corrected chi connectivity index (χ3v) is 3.15. The van der Waals surface area contributed by atoms with Gasteiger partial charge in [0.05, 0.1) is 11.8 Å². The van der Waals surface area contributed by atoms with Gasteiger partial charge in [0.2, 0.25) is 5.22 Å². The molecule has 18 heavy (non-hydrogen) atoms. The van der Waals surface area contributed by atoms with Crippen molar-refractivity contribution in [1.82, 2.24) is 5.32 Å². The molecule has 1 amide bonds. The molecule has 0 fully saturated rings. The Hall–Kier alpha value is -0.960. The Morgan fingerprint density at radius 1 is 1.33 bits per heavy atom. The van der Waals surface area contributed by atoms with E-state index in [-0.39, 0.29) is 11.1 Å². The van der Waals surface area contributed by atoms with Crippen LogP contribution >= 0.6 is 11.6 Å². The summed E-state index contributed by atoms with van der Waals surface area (Å²) in [4.78, 5) is 11.6. The largest absolute Gasteiger partial charge is 0.452 e. The summed E-state index contributed by atoms with van der Waals surface area (Å²) in [6.07, 6.45) is 7.39. The van der Waals surface area contributed by atoms with Crippen molar-refractivity contribution in [2.24, 2.45) is 5.92 Å². The zero-order valence-corrected chi connectivity index (χ0v) is 11.9. The lowest BCUT2D eigenvalue weighted by molar-refractivity contribution is 0.0952. The molecule has 0 atom stereocenters. The van der Waals surface area contributed by atoms with Gasteiger partial charge in [-0.15, -0.1) is 0 Å². The summed E-state index contributed by atoms with van der Waals surface area (Å²) in [5, 5.41) is 3.00. The average molecular weight is 272 g/mol. The van der Waals surface area contributed by atoms with Gasteiger partial charge in [0.25, 0.3) is 5.91 Å². The first-order valence-electron chi connectivity index (χ1n) is 6.62. The molecule has 0 radical (unpaired) electrons. The lowest BCUT2D eigenvalue weighted by Crippen LogP contribution is -2.24. The Bertz CT molecular complexity index is 360. The van der Waals surface area contributed by atoms with Crippen molar-refractivity contribution in [3.05, 3.63) is 23.1 Å². The van der Waals surface area contributed by atoms with Gasteiger partial charge in [0.1, 0.15) is 0 Å². The van der Waals surface area contributed by atoms with Crippen LogP contribution in [0.5, 0.6) is 0 Å². The molecule has 1 heterocycles. The van der Waals surface area contributed by atoms with E-state index in [0.717, 1.165) is 18.8 Å². The number of amides is 1. The lowest BCUT2D eigenvalue weighted by Gasteiger charge is -2.05. The van der Waals surface area contributed by atoms with E-state index < -0.39 is 0 Å². The lowest BCUT2D eigenvalue weighted by atomic mass is 10.0. The van der Waals surface area contributed by atoms with Crippen LogP contribution in [0, 0.1) is 5.92 Å². The van der Waals surface area contributed by atoms with Crippen molar-refractivity contribution in [3.63, 3.8) is 0 Å². The molecular weight excluding hydrogens is 250 g/mol. The Kier molecular flexibility index (Phi) is 6.88. The van der Waals surface area contributed by atoms with Gasteiger partial charge in [-0.2, -0.15) is 0 Å². The molecule has 1 aromatic heterocycles. The minimum absolute atomic E-state index is 0.157. The number of hydrogen-bond donors (Lipinski definition) is 1. The highest BCUT2D eigenvalue weighted by atomic mass is 35.5. The first-order valence-corrected chi connectivity index (χ1v) is 7.00. The predicted molar refractivity (Wildman–Crippen MR) is 74.0 cm³/mol. The third-order valence-electron chi connectivity index (χ3n) is 2.86. The third kappa shape index (κ3) is 5.58. The van der Waals surface area contributed by atoms with Crippen LogP contribution in [0.3, 0.4) is 0 Å². The summed E-state index contributed by atoms with van der Waals surface area (Å²) in [5.41, 5.74) is 0.413. The van der Waals surface area contributed by atoms with Crippen LogP contribution in [0.25, 0.3) is 0 Å². The molecule has 1 N–H and O–H groups in total. The van der Waals surface area contributed by atoms with Crippen molar-refractivity contribution >= 4 is 17.5 Å². The Balaban J connectivity index is 2.05. The first-order chi connectivity index (χ1) is 8.61. The van der Waals surface area contributed by atoms with E-state index >= 15 is 0 Å². The molecule has 0 spiro atoms. The fourth-order valence-corrected chi connectivity index (χ4v) is 1.98. The SMILES string of the molecule is CC(C)CCCCCCNC(=O)c1ccoc1Cl. The average Bonchev–Trinajstić information content (AvgIpc) is 2.73. The number of carbonyl (C=O) groups excluding carboxylic acids is 1. The summed E-state index contributed by atoms with van der Waals surface area (Å²) in [6, 6.07) is 1.58. The molecule has 0 unspecified atom stereocenters. The van der Waals surface area contributed by atoms with Gasteiger partial charge >= 0.3 is 0 Å². The van der Waals surface area contributed by atoms with Gasteiger partial charge in [-0.1, -0.05) is 39.5 Å². The normalized spacial score (nSPS) is 10.9. The van der Waals surface area contributed by atoms with Crippen LogP contribution in [0.4, 0.5) is 0 Å². The van der Waals surface area contributed by atoms with E-state index in [1.54, 1.807) is 6.07 Å². The molecule has 0 bridgehead atoms. The van der Waals surface area contributed by atoms with Crippen molar-refractivity contribution < 1.29 is 9.21 Å². The fourth-order valence-electron chi connectivity index (χ4n) is 1.78. The molecule has 0 aliphatic heterocycles. The van der Waals surface area contributed by atoms with Gasteiger partial charge in [-0.05, 0) is 30.0 Å². The smallest absolute Gasteiger partial charge is 0.256 e. The molecule has 4 heteroatoms. The van der Waals surface area contributed by atoms with Crippen LogP contribution in [0.2, 0.25) is 5.22 Å². The van der Waals surface area contributed by atoms with E-state index in [0.29, 0.717) is 12.1 Å². The monoisotopic (exact) mass is 271 g/mol. The van der Waals surface area contributed by atoms with E-state index in [1.807, 2.05) is 0 Å². The van der Waals surface area contributed by atoms with Gasteiger partial charge in [0, 0.05) is 6.54 Å². The van der Waals surface area contributed by atoms with Crippen LogP contribution < -0.4 is 5.32 Å². The minimum atomic E-state index is -0.157. The number of rotatable bonds is 8. The number of hydrogen-bond acceptors (Lipinski definition) is 2. The van der Waals surface area contributed by atoms with Gasteiger partial charge in [-0.25, -0.2) is 0 Å². The Labute approximate surface area is 114 Å². The molecule has 0 aliphatic rings. The highest BCUT2D eigenvalue weighted by Gasteiger charge is 2.11. The highest BCUT2D eigenvalue weighted by Crippen LogP contribution is 2.16. The molecule has 3 nitrogen and oxygen atoms in total. The molecule has 1 aromatic rings. The summed E-state index contributed by atoms with van der Waals surface area (Å²) in [5.74, 6) is 0.629. The molecule has 102 valence electrons. The van der Waals surface area contributed by atoms with Crippen LogP contribution in [0.15, 0.2) is 16.7 Å². The highest BCUT2D eigenvalue weighted by molar-refractivity contribution is 6.32. The summed E-state index contributed by atoms with van der Waals surface area (Å²) >= 11 is 5.72. The maximum absolute atomic E-state index is 11.6. The maximum atomic E-state index is 11.6. The second-order valence-corrected chi connectivity index (χ2v) is 5.30. The summed E-state index contributed by atoms with van der Waals surface area (Å²) in [7, 11) is 0. The number of carbonyl (C=O) groups is 1. The van der Waals surface area contributed by atoms with Crippen LogP contribution in [0.1, 0.15) is 56.3 Å². The maximum Gasteiger partial charge on any atom is 0.256 e. The Morgan fingerprint density at radius 2 is 2.06 bits per heavy atom. The van der Waals surface area contributed by atoms with Crippen LogP contribution in [-0.4, -0.2) is 12.5 Å². The zero-order chi connectivity index (χ0) is 13.4. The second kappa shape index (κ2) is 8.20. The van der Waals surface area contributed by atoms with E-state index in [2.05, 4.69) is 19.2 Å². The van der Waals surface area contributed by atoms with Crippen LogP contribution in [-0.2, 0) is 0 Å². The van der Waals surface area contributed by atoms with Crippen molar-refractivity contribution in [2.75, 3.05) is 6.54 Å². The quantitative estimate of drug-likeness (QED) is 0.718. The number of nitrogens with one attached hydrogen (secondary N) is 1. The molecule has 0 saturated heterocycles. The fraction of sp³-hybridized carbons (Fsp3) is 0.643. The van der Waals surface area contributed by atoms with E-state index in [9.17, 15) is 4.79 Å². The first kappa shape index (κ1) is 15.1. The summed E-state index contributed by atoms with van der Waals surface area (Å²) < 4.78 is 4.87. The number of unbranched alkanes of at least 4 members (excludes halogenated alkanes) is 3. The number of furan rings is 1.